The van der Waals surface area contributed by atoms with Gasteiger partial charge < -0.3 is 9.47 Å². The number of hydrogen-bond acceptors (Lipinski definition) is 1. The molecule has 0 fully saturated rings. The topological polar surface area (TPSA) is 8.17 Å². The summed E-state index contributed by atoms with van der Waals surface area (Å²) in [4.78, 5) is 1.80. The van der Waals surface area contributed by atoms with Crippen LogP contribution in [0.25, 0.3) is 60.9 Å². The highest BCUT2D eigenvalue weighted by molar-refractivity contribution is 6.11. The van der Waals surface area contributed by atoms with Crippen molar-refractivity contribution in [1.29, 1.82) is 0 Å². The minimum atomic E-state index is -2.22. The number of para-hydroxylation sites is 1. The summed E-state index contributed by atoms with van der Waals surface area (Å²) in [5.74, 6) is -10.5. The number of fused-ring (bicyclic) bond motifs is 3. The molecule has 272 valence electrons. The fraction of sp³-hybridized carbons (Fsp3) is 0. The van der Waals surface area contributed by atoms with Crippen molar-refractivity contribution < 1.29 is 26.3 Å². The summed E-state index contributed by atoms with van der Waals surface area (Å²) < 4.78 is 87.4. The van der Waals surface area contributed by atoms with Crippen LogP contribution in [-0.2, 0) is 0 Å². The highest BCUT2D eigenvalue weighted by atomic mass is 19.2. The molecule has 0 saturated heterocycles. The van der Waals surface area contributed by atoms with E-state index >= 15 is 0 Å². The lowest BCUT2D eigenvalue weighted by Crippen LogP contribution is -2.10. The van der Waals surface area contributed by atoms with Crippen molar-refractivity contribution in [2.75, 3.05) is 4.90 Å². The monoisotopic (exact) mass is 746 g/mol. The molecule has 0 unspecified atom stereocenters. The van der Waals surface area contributed by atoms with Gasteiger partial charge in [-0.2, -0.15) is 0 Å². The van der Waals surface area contributed by atoms with Gasteiger partial charge in [-0.25, -0.2) is 26.3 Å². The first-order valence-corrected chi connectivity index (χ1v) is 17.7. The Labute approximate surface area is 317 Å². The Bertz CT molecular complexity index is 2860. The van der Waals surface area contributed by atoms with Crippen molar-refractivity contribution in [1.82, 2.24) is 4.57 Å². The maximum atomic E-state index is 14.7. The van der Waals surface area contributed by atoms with Gasteiger partial charge in [0, 0.05) is 33.5 Å². The van der Waals surface area contributed by atoms with Crippen molar-refractivity contribution in [2.24, 2.45) is 0 Å². The molecule has 0 aliphatic heterocycles. The molecule has 1 heterocycles. The lowest BCUT2D eigenvalue weighted by Gasteiger charge is -2.26. The maximum absolute atomic E-state index is 14.7. The summed E-state index contributed by atoms with van der Waals surface area (Å²) in [7, 11) is 0. The van der Waals surface area contributed by atoms with Gasteiger partial charge in [0.15, 0.2) is 23.3 Å². The van der Waals surface area contributed by atoms with Crippen molar-refractivity contribution in [3.05, 3.63) is 205 Å². The molecule has 9 rings (SSSR count). The summed E-state index contributed by atoms with van der Waals surface area (Å²) in [5, 5.41) is 2.20. The zero-order valence-corrected chi connectivity index (χ0v) is 29.3. The van der Waals surface area contributed by atoms with E-state index in [-0.39, 0.29) is 5.56 Å². The van der Waals surface area contributed by atoms with Gasteiger partial charge in [0.05, 0.1) is 16.6 Å². The zero-order chi connectivity index (χ0) is 38.5. The van der Waals surface area contributed by atoms with Crippen LogP contribution < -0.4 is 4.90 Å². The second kappa shape index (κ2) is 14.0. The molecular weight excluding hydrogens is 719 g/mol. The van der Waals surface area contributed by atoms with Crippen LogP contribution in [0.4, 0.5) is 43.4 Å². The molecule has 0 aliphatic rings. The molecule has 8 aromatic carbocycles. The van der Waals surface area contributed by atoms with E-state index in [4.69, 9.17) is 0 Å². The van der Waals surface area contributed by atoms with Gasteiger partial charge in [-0.05, 0) is 113 Å². The molecule has 2 nitrogen and oxygen atoms in total. The van der Waals surface area contributed by atoms with Crippen molar-refractivity contribution >= 4 is 38.9 Å². The van der Waals surface area contributed by atoms with E-state index in [1.54, 1.807) is 17.0 Å². The fourth-order valence-electron chi connectivity index (χ4n) is 7.34. The molecule has 0 N–H and O–H groups in total. The second-order valence-electron chi connectivity index (χ2n) is 13.4. The zero-order valence-electron chi connectivity index (χ0n) is 29.3. The van der Waals surface area contributed by atoms with E-state index in [1.807, 2.05) is 60.7 Å². The lowest BCUT2D eigenvalue weighted by molar-refractivity contribution is 0.381. The van der Waals surface area contributed by atoms with Crippen LogP contribution in [0.3, 0.4) is 0 Å². The Hall–Kier alpha value is -7.06. The minimum Gasteiger partial charge on any atom is -0.311 e. The van der Waals surface area contributed by atoms with Crippen molar-refractivity contribution in [3.63, 3.8) is 0 Å². The maximum Gasteiger partial charge on any atom is 0.200 e. The Kier molecular flexibility index (Phi) is 8.66. The summed E-state index contributed by atoms with van der Waals surface area (Å²) in [6.45, 7) is 0. The van der Waals surface area contributed by atoms with Gasteiger partial charge in [-0.3, -0.25) is 0 Å². The molecule has 0 amide bonds. The molecule has 1 aromatic heterocycles. The van der Waals surface area contributed by atoms with Crippen LogP contribution >= 0.6 is 0 Å². The van der Waals surface area contributed by atoms with E-state index in [9.17, 15) is 26.3 Å². The third-order valence-electron chi connectivity index (χ3n) is 10.1. The van der Waals surface area contributed by atoms with E-state index in [0.29, 0.717) is 17.1 Å². The van der Waals surface area contributed by atoms with Crippen LogP contribution in [0.5, 0.6) is 0 Å². The molecule has 0 bridgehead atoms. The fourth-order valence-corrected chi connectivity index (χ4v) is 7.34. The van der Waals surface area contributed by atoms with E-state index in [0.717, 1.165) is 49.7 Å². The van der Waals surface area contributed by atoms with Crippen LogP contribution in [0.2, 0.25) is 0 Å². The third-order valence-corrected chi connectivity index (χ3v) is 10.1. The van der Waals surface area contributed by atoms with E-state index in [2.05, 4.69) is 65.2 Å². The van der Waals surface area contributed by atoms with Crippen molar-refractivity contribution in [2.45, 2.75) is 0 Å². The predicted molar refractivity (Wildman–Crippen MR) is 212 cm³/mol. The van der Waals surface area contributed by atoms with Gasteiger partial charge in [-0.15, -0.1) is 0 Å². The molecule has 0 atom stereocenters. The van der Waals surface area contributed by atoms with E-state index < -0.39 is 40.5 Å². The molecule has 0 aliphatic carbocycles. The van der Waals surface area contributed by atoms with Crippen LogP contribution in [0.1, 0.15) is 0 Å². The second-order valence-corrected chi connectivity index (χ2v) is 13.4. The van der Waals surface area contributed by atoms with Gasteiger partial charge >= 0.3 is 0 Å². The van der Waals surface area contributed by atoms with Crippen LogP contribution in [-0.4, -0.2) is 4.57 Å². The average Bonchev–Trinajstić information content (AvgIpc) is 3.57. The highest BCUT2D eigenvalue weighted by Crippen LogP contribution is 2.40. The molecule has 56 heavy (non-hydrogen) atoms. The molecule has 9 aromatic rings. The number of benzene rings is 8. The molecule has 0 radical (unpaired) electrons. The number of rotatable bonds is 7. The summed E-state index contributed by atoms with van der Waals surface area (Å²) in [6, 6.07) is 52.6. The van der Waals surface area contributed by atoms with Crippen LogP contribution in [0.15, 0.2) is 170 Å². The van der Waals surface area contributed by atoms with Gasteiger partial charge in [0.1, 0.15) is 5.82 Å². The normalized spacial score (nSPS) is 11.4. The summed E-state index contributed by atoms with van der Waals surface area (Å²) in [5.41, 5.74) is 7.90. The van der Waals surface area contributed by atoms with Gasteiger partial charge in [0.25, 0.3) is 0 Å². The first kappa shape index (κ1) is 34.7. The quantitative estimate of drug-likeness (QED) is 0.0896. The predicted octanol–water partition coefficient (Wildman–Crippen LogP) is 14.1. The first-order chi connectivity index (χ1) is 27.3. The minimum absolute atomic E-state index is 0.198. The number of halogens is 6. The van der Waals surface area contributed by atoms with Gasteiger partial charge in [0.2, 0.25) is 5.82 Å². The molecular formula is C48H28F6N2. The number of hydrogen-bond donors (Lipinski definition) is 0. The summed E-state index contributed by atoms with van der Waals surface area (Å²) >= 11 is 0. The lowest BCUT2D eigenvalue weighted by atomic mass is 10.00. The third kappa shape index (κ3) is 5.96. The van der Waals surface area contributed by atoms with Crippen molar-refractivity contribution in [3.8, 4) is 39.1 Å². The number of aromatic nitrogens is 1. The summed E-state index contributed by atoms with van der Waals surface area (Å²) in [6.07, 6.45) is 0. The van der Waals surface area contributed by atoms with Crippen LogP contribution in [0, 0.1) is 34.9 Å². The first-order valence-electron chi connectivity index (χ1n) is 17.7. The molecule has 0 saturated carbocycles. The molecule has 8 heteroatoms. The average molecular weight is 747 g/mol. The van der Waals surface area contributed by atoms with E-state index in [1.165, 1.54) is 36.4 Å². The number of nitrogens with zero attached hydrogens (tertiary/aromatic N) is 2. The SMILES string of the molecule is Fc1ccc(N(c2ccc(-c3ccc4c(c3)c3cc(-c5ccccc5)ccc3n4-c3ccccc3)cc2)c2ccc(-c3c(F)c(F)c(F)c(F)c3F)cc2)cc1. The Balaban J connectivity index is 1.12. The highest BCUT2D eigenvalue weighted by Gasteiger charge is 2.27. The Morgan fingerprint density at radius 2 is 0.732 bits per heavy atom. The smallest absolute Gasteiger partial charge is 0.200 e. The largest absolute Gasteiger partial charge is 0.311 e. The van der Waals surface area contributed by atoms with Gasteiger partial charge in [-0.1, -0.05) is 84.9 Å². The molecule has 0 spiro atoms. The standard InChI is InChI=1S/C48H28F6N2/c49-34-17-23-38(24-18-34)55(37-21-13-31(14-22-37)43-44(50)46(52)48(54)47(53)45(43)51)36-19-11-30(12-20-36)33-16-26-42-40(28-33)39-27-32(29-7-3-1-4-8-29)15-25-41(39)56(42)35-9-5-2-6-10-35/h1-28H. The number of anilines is 3. The Morgan fingerprint density at radius 3 is 1.23 bits per heavy atom. The Morgan fingerprint density at radius 1 is 0.339 bits per heavy atom.